The third-order valence-electron chi connectivity index (χ3n) is 1.39. The highest BCUT2D eigenvalue weighted by atomic mass is 16.5. The van der Waals surface area contributed by atoms with Crippen molar-refractivity contribution >= 4 is 5.91 Å². The van der Waals surface area contributed by atoms with Crippen LogP contribution in [0.4, 0.5) is 0 Å². The van der Waals surface area contributed by atoms with Gasteiger partial charge in [-0.3, -0.25) is 4.79 Å². The van der Waals surface area contributed by atoms with Gasteiger partial charge in [0.05, 0.1) is 6.61 Å². The molecule has 0 rings (SSSR count). The predicted octanol–water partition coefficient (Wildman–Crippen LogP) is 0.267. The average molecular weight is 188 g/mol. The van der Waals surface area contributed by atoms with E-state index in [0.717, 1.165) is 0 Å². The lowest BCUT2D eigenvalue weighted by atomic mass is 10.0. The van der Waals surface area contributed by atoms with Crippen LogP contribution >= 0.6 is 0 Å². The van der Waals surface area contributed by atoms with Crippen molar-refractivity contribution in [1.82, 2.24) is 5.32 Å². The molecule has 0 atom stereocenters. The molecule has 0 saturated carbocycles. The molecular weight excluding hydrogens is 168 g/mol. The Hall–Kier alpha value is -0.610. The van der Waals surface area contributed by atoms with Gasteiger partial charge in [-0.2, -0.15) is 0 Å². The first kappa shape index (κ1) is 12.4. The quantitative estimate of drug-likeness (QED) is 0.588. The molecule has 0 aliphatic rings. The molecule has 0 fully saturated rings. The van der Waals surface area contributed by atoms with E-state index in [2.05, 4.69) is 5.32 Å². The lowest BCUT2D eigenvalue weighted by molar-refractivity contribution is -0.122. The topological polar surface area (TPSA) is 64.3 Å². The van der Waals surface area contributed by atoms with Crippen LogP contribution in [0.15, 0.2) is 0 Å². The van der Waals surface area contributed by atoms with Crippen LogP contribution in [-0.4, -0.2) is 31.2 Å². The summed E-state index contributed by atoms with van der Waals surface area (Å²) in [5.41, 5.74) is 5.24. The Morgan fingerprint density at radius 2 is 2.15 bits per heavy atom. The summed E-state index contributed by atoms with van der Waals surface area (Å²) in [6.45, 7) is 7.38. The molecule has 0 saturated heterocycles. The standard InChI is InChI=1S/C9H20N2O2/c1-4-13-6-5-11-8(12)7-9(2,3)10/h4-7,10H2,1-3H3,(H,11,12). The fourth-order valence-electron chi connectivity index (χ4n) is 0.883. The van der Waals surface area contributed by atoms with E-state index in [1.165, 1.54) is 0 Å². The minimum Gasteiger partial charge on any atom is -0.380 e. The number of hydrogen-bond donors (Lipinski definition) is 2. The first-order valence-corrected chi connectivity index (χ1v) is 4.59. The molecule has 0 aromatic rings. The van der Waals surface area contributed by atoms with E-state index in [1.807, 2.05) is 20.8 Å². The van der Waals surface area contributed by atoms with Gasteiger partial charge in [-0.05, 0) is 20.8 Å². The van der Waals surface area contributed by atoms with E-state index in [0.29, 0.717) is 26.2 Å². The second kappa shape index (κ2) is 5.94. The van der Waals surface area contributed by atoms with Crippen LogP contribution in [-0.2, 0) is 9.53 Å². The van der Waals surface area contributed by atoms with Crippen LogP contribution in [0, 0.1) is 0 Å². The van der Waals surface area contributed by atoms with Gasteiger partial charge in [-0.1, -0.05) is 0 Å². The molecule has 0 spiro atoms. The summed E-state index contributed by atoms with van der Waals surface area (Å²) in [6, 6.07) is 0. The van der Waals surface area contributed by atoms with Gasteiger partial charge >= 0.3 is 0 Å². The minimum atomic E-state index is -0.435. The van der Waals surface area contributed by atoms with E-state index in [9.17, 15) is 4.79 Å². The Bertz CT molecular complexity index is 152. The maximum Gasteiger partial charge on any atom is 0.221 e. The van der Waals surface area contributed by atoms with Crippen LogP contribution in [0.5, 0.6) is 0 Å². The van der Waals surface area contributed by atoms with Gasteiger partial charge in [0.2, 0.25) is 5.91 Å². The fraction of sp³-hybridized carbons (Fsp3) is 0.889. The van der Waals surface area contributed by atoms with E-state index >= 15 is 0 Å². The SMILES string of the molecule is CCOCCNC(=O)CC(C)(C)N. The lowest BCUT2D eigenvalue weighted by Crippen LogP contribution is -2.39. The van der Waals surface area contributed by atoms with Crippen molar-refractivity contribution in [3.05, 3.63) is 0 Å². The first-order valence-electron chi connectivity index (χ1n) is 4.59. The lowest BCUT2D eigenvalue weighted by Gasteiger charge is -2.17. The van der Waals surface area contributed by atoms with Crippen molar-refractivity contribution < 1.29 is 9.53 Å². The van der Waals surface area contributed by atoms with Gasteiger partial charge in [0.1, 0.15) is 0 Å². The number of carbonyl (C=O) groups excluding carboxylic acids is 1. The van der Waals surface area contributed by atoms with Crippen LogP contribution in [0.3, 0.4) is 0 Å². The van der Waals surface area contributed by atoms with Crippen LogP contribution in [0.25, 0.3) is 0 Å². The Morgan fingerprint density at radius 1 is 1.54 bits per heavy atom. The summed E-state index contributed by atoms with van der Waals surface area (Å²) in [6.07, 6.45) is 0.346. The van der Waals surface area contributed by atoms with Gasteiger partial charge in [0, 0.05) is 25.1 Å². The van der Waals surface area contributed by atoms with Gasteiger partial charge in [-0.15, -0.1) is 0 Å². The van der Waals surface area contributed by atoms with Crippen molar-refractivity contribution in [3.8, 4) is 0 Å². The number of ether oxygens (including phenoxy) is 1. The monoisotopic (exact) mass is 188 g/mol. The van der Waals surface area contributed by atoms with Crippen LogP contribution < -0.4 is 11.1 Å². The number of carbonyl (C=O) groups is 1. The third-order valence-corrected chi connectivity index (χ3v) is 1.39. The predicted molar refractivity (Wildman–Crippen MR) is 52.4 cm³/mol. The Morgan fingerprint density at radius 3 is 2.62 bits per heavy atom. The van der Waals surface area contributed by atoms with E-state index < -0.39 is 5.54 Å². The summed E-state index contributed by atoms with van der Waals surface area (Å²) in [5.74, 6) is -0.0211. The zero-order valence-corrected chi connectivity index (χ0v) is 8.72. The third kappa shape index (κ3) is 9.30. The minimum absolute atomic E-state index is 0.0211. The fourth-order valence-corrected chi connectivity index (χ4v) is 0.883. The van der Waals surface area contributed by atoms with Crippen molar-refractivity contribution in [2.45, 2.75) is 32.7 Å². The summed E-state index contributed by atoms with van der Waals surface area (Å²) < 4.78 is 5.07. The largest absolute Gasteiger partial charge is 0.380 e. The summed E-state index contributed by atoms with van der Waals surface area (Å²) in [5, 5.41) is 2.73. The Labute approximate surface area is 79.8 Å². The van der Waals surface area contributed by atoms with Crippen molar-refractivity contribution in [3.63, 3.8) is 0 Å². The second-order valence-corrected chi connectivity index (χ2v) is 3.71. The van der Waals surface area contributed by atoms with E-state index in [4.69, 9.17) is 10.5 Å². The Kier molecular flexibility index (Phi) is 5.66. The molecule has 78 valence electrons. The first-order chi connectivity index (χ1) is 5.95. The zero-order valence-electron chi connectivity index (χ0n) is 8.72. The molecule has 0 aliphatic heterocycles. The number of nitrogens with two attached hydrogens (primary N) is 1. The zero-order chi connectivity index (χ0) is 10.3. The highest BCUT2D eigenvalue weighted by Crippen LogP contribution is 2.01. The molecule has 3 N–H and O–H groups in total. The molecule has 1 amide bonds. The molecule has 4 heteroatoms. The normalized spacial score (nSPS) is 11.4. The van der Waals surface area contributed by atoms with E-state index in [1.54, 1.807) is 0 Å². The van der Waals surface area contributed by atoms with Crippen LogP contribution in [0.1, 0.15) is 27.2 Å². The molecule has 0 radical (unpaired) electrons. The molecule has 0 bridgehead atoms. The summed E-state index contributed by atoms with van der Waals surface area (Å²) in [7, 11) is 0. The second-order valence-electron chi connectivity index (χ2n) is 3.71. The molecule has 4 nitrogen and oxygen atoms in total. The van der Waals surface area contributed by atoms with Crippen molar-refractivity contribution in [2.75, 3.05) is 19.8 Å². The molecule has 0 aliphatic carbocycles. The molecule has 13 heavy (non-hydrogen) atoms. The molecule has 0 aromatic carbocycles. The average Bonchev–Trinajstić information content (AvgIpc) is 1.94. The van der Waals surface area contributed by atoms with E-state index in [-0.39, 0.29) is 5.91 Å². The molecular formula is C9H20N2O2. The number of rotatable bonds is 6. The highest BCUT2D eigenvalue weighted by molar-refractivity contribution is 5.76. The number of hydrogen-bond acceptors (Lipinski definition) is 3. The molecule has 0 aromatic heterocycles. The summed E-state index contributed by atoms with van der Waals surface area (Å²) >= 11 is 0. The highest BCUT2D eigenvalue weighted by Gasteiger charge is 2.15. The smallest absolute Gasteiger partial charge is 0.221 e. The van der Waals surface area contributed by atoms with Gasteiger partial charge in [-0.25, -0.2) is 0 Å². The number of amides is 1. The van der Waals surface area contributed by atoms with Crippen LogP contribution in [0.2, 0.25) is 0 Å². The maximum atomic E-state index is 11.2. The molecule has 0 heterocycles. The van der Waals surface area contributed by atoms with Gasteiger partial charge in [0.15, 0.2) is 0 Å². The van der Waals surface area contributed by atoms with Gasteiger partial charge in [0.25, 0.3) is 0 Å². The summed E-state index contributed by atoms with van der Waals surface area (Å²) in [4.78, 5) is 11.2. The van der Waals surface area contributed by atoms with Crippen molar-refractivity contribution in [2.24, 2.45) is 5.73 Å². The maximum absolute atomic E-state index is 11.2. The Balaban J connectivity index is 3.41. The van der Waals surface area contributed by atoms with Gasteiger partial charge < -0.3 is 15.8 Å². The van der Waals surface area contributed by atoms with Crippen molar-refractivity contribution in [1.29, 1.82) is 0 Å². The number of nitrogens with one attached hydrogen (secondary N) is 1. The molecule has 0 unspecified atom stereocenters.